The summed E-state index contributed by atoms with van der Waals surface area (Å²) in [6, 6.07) is 4.50. The molecule has 1 spiro atoms. The van der Waals surface area contributed by atoms with Gasteiger partial charge in [-0.3, -0.25) is 9.59 Å². The molecular weight excluding hydrogens is 393 g/mol. The average Bonchev–Trinajstić information content (AvgIpc) is 3.16. The summed E-state index contributed by atoms with van der Waals surface area (Å²) in [7, 11) is 0. The van der Waals surface area contributed by atoms with Gasteiger partial charge in [-0.2, -0.15) is 0 Å². The first kappa shape index (κ1) is 22.3. The van der Waals surface area contributed by atoms with Gasteiger partial charge in [-0.25, -0.2) is 4.39 Å². The van der Waals surface area contributed by atoms with Crippen LogP contribution in [0.1, 0.15) is 82.9 Å². The number of hydrogen-bond acceptors (Lipinski definition) is 3. The van der Waals surface area contributed by atoms with E-state index in [1.165, 1.54) is 12.5 Å². The number of nitrogens with zero attached hydrogens (tertiary/aromatic N) is 1. The molecule has 1 aliphatic carbocycles. The van der Waals surface area contributed by atoms with Gasteiger partial charge in [0.2, 0.25) is 11.8 Å². The molecule has 2 amide bonds. The van der Waals surface area contributed by atoms with Gasteiger partial charge in [0, 0.05) is 6.42 Å². The van der Waals surface area contributed by atoms with Crippen molar-refractivity contribution in [3.05, 3.63) is 35.1 Å². The fraction of sp³-hybridized carbons (Fsp3) is 0.680. The molecule has 0 aromatic heterocycles. The van der Waals surface area contributed by atoms with Crippen LogP contribution >= 0.6 is 0 Å². The average molecular weight is 430 g/mol. The lowest BCUT2D eigenvalue weighted by atomic mass is 9.63. The number of nitrogens with one attached hydrogen (secondary N) is 2. The van der Waals surface area contributed by atoms with Crippen LogP contribution in [0.4, 0.5) is 4.39 Å². The summed E-state index contributed by atoms with van der Waals surface area (Å²) in [6.45, 7) is 10.0. The van der Waals surface area contributed by atoms with Crippen LogP contribution in [0.2, 0.25) is 0 Å². The third-order valence-corrected chi connectivity index (χ3v) is 7.49. The number of amides is 2. The third-order valence-electron chi connectivity index (χ3n) is 7.49. The molecule has 4 rings (SSSR count). The van der Waals surface area contributed by atoms with Gasteiger partial charge in [0.1, 0.15) is 11.9 Å². The number of benzene rings is 1. The normalized spacial score (nSPS) is 25.9. The first-order chi connectivity index (χ1) is 14.7. The number of carbonyl (C=O) groups is 2. The van der Waals surface area contributed by atoms with Crippen LogP contribution in [0.15, 0.2) is 18.2 Å². The molecule has 6 heteroatoms. The first-order valence-corrected chi connectivity index (χ1v) is 11.8. The van der Waals surface area contributed by atoms with Crippen LogP contribution in [0.25, 0.3) is 0 Å². The van der Waals surface area contributed by atoms with Crippen molar-refractivity contribution in [2.75, 3.05) is 19.6 Å². The zero-order valence-electron chi connectivity index (χ0n) is 19.1. The van der Waals surface area contributed by atoms with Gasteiger partial charge in [-0.05, 0) is 92.2 Å². The van der Waals surface area contributed by atoms with E-state index in [-0.39, 0.29) is 29.1 Å². The standard InChI is InChI=1S/C25H36FN3O2/c1-24(2,3)10-13-29-14-11-25(12-15-29)9-8-20(18-5-4-17(26)16-19(18)25)28-23(31)21-6-7-22(30)27-21/h4-5,16,20-21H,6-15H2,1-3H3,(H,27,30)(H,28,31)/t20-,21-/m0/s1. The van der Waals surface area contributed by atoms with Crippen LogP contribution in [0.5, 0.6) is 0 Å². The highest BCUT2D eigenvalue weighted by atomic mass is 19.1. The molecule has 0 radical (unpaired) electrons. The summed E-state index contributed by atoms with van der Waals surface area (Å²) in [5.74, 6) is -0.397. The van der Waals surface area contributed by atoms with Crippen molar-refractivity contribution >= 4 is 11.8 Å². The van der Waals surface area contributed by atoms with Gasteiger partial charge in [0.05, 0.1) is 6.04 Å². The molecule has 1 aromatic carbocycles. The molecular formula is C25H36FN3O2. The smallest absolute Gasteiger partial charge is 0.243 e. The second-order valence-corrected chi connectivity index (χ2v) is 10.9. The van der Waals surface area contributed by atoms with Crippen molar-refractivity contribution in [2.24, 2.45) is 5.41 Å². The van der Waals surface area contributed by atoms with Crippen LogP contribution in [0.3, 0.4) is 0 Å². The number of fused-ring (bicyclic) bond motifs is 2. The minimum atomic E-state index is -0.446. The predicted octanol–water partition coefficient (Wildman–Crippen LogP) is 3.83. The van der Waals surface area contributed by atoms with Crippen molar-refractivity contribution in [3.8, 4) is 0 Å². The predicted molar refractivity (Wildman–Crippen MR) is 119 cm³/mol. The molecule has 5 nitrogen and oxygen atoms in total. The molecule has 31 heavy (non-hydrogen) atoms. The maximum atomic E-state index is 14.3. The van der Waals surface area contributed by atoms with Gasteiger partial charge >= 0.3 is 0 Å². The molecule has 170 valence electrons. The van der Waals surface area contributed by atoms with E-state index in [1.807, 2.05) is 6.07 Å². The Hall–Kier alpha value is -1.95. The molecule has 2 N–H and O–H groups in total. The Morgan fingerprint density at radius 1 is 1.23 bits per heavy atom. The SMILES string of the molecule is CC(C)(C)CCN1CCC2(CC[C@H](NC(=O)[C@@H]3CCC(=O)N3)c3ccc(F)cc32)CC1. The maximum Gasteiger partial charge on any atom is 0.243 e. The molecule has 3 aliphatic rings. The number of carbonyl (C=O) groups excluding carboxylic acids is 2. The molecule has 0 saturated carbocycles. The van der Waals surface area contributed by atoms with E-state index in [0.29, 0.717) is 18.3 Å². The van der Waals surface area contributed by atoms with E-state index in [1.54, 1.807) is 6.07 Å². The Kier molecular flexibility index (Phi) is 6.12. The highest BCUT2D eigenvalue weighted by Gasteiger charge is 2.43. The number of likely N-dealkylation sites (tertiary alicyclic amines) is 1. The first-order valence-electron chi connectivity index (χ1n) is 11.8. The zero-order chi connectivity index (χ0) is 22.2. The quantitative estimate of drug-likeness (QED) is 0.765. The zero-order valence-corrected chi connectivity index (χ0v) is 19.1. The maximum absolute atomic E-state index is 14.3. The number of piperidine rings is 1. The Bertz CT molecular complexity index is 840. The lowest BCUT2D eigenvalue weighted by Crippen LogP contribution is -2.48. The van der Waals surface area contributed by atoms with E-state index >= 15 is 0 Å². The van der Waals surface area contributed by atoms with E-state index in [2.05, 4.69) is 36.3 Å². The molecule has 2 atom stereocenters. The lowest BCUT2D eigenvalue weighted by molar-refractivity contribution is -0.126. The molecule has 0 bridgehead atoms. The molecule has 2 aliphatic heterocycles. The van der Waals surface area contributed by atoms with Gasteiger partial charge in [-0.15, -0.1) is 0 Å². The molecule has 2 heterocycles. The fourth-order valence-electron chi connectivity index (χ4n) is 5.45. The Morgan fingerprint density at radius 3 is 2.61 bits per heavy atom. The minimum absolute atomic E-state index is 0.00152. The van der Waals surface area contributed by atoms with E-state index < -0.39 is 6.04 Å². The number of rotatable bonds is 4. The summed E-state index contributed by atoms with van der Waals surface area (Å²) in [5.41, 5.74) is 2.46. The molecule has 1 aromatic rings. The minimum Gasteiger partial charge on any atom is -0.348 e. The van der Waals surface area contributed by atoms with Gasteiger partial charge < -0.3 is 15.5 Å². The number of halogens is 1. The summed E-state index contributed by atoms with van der Waals surface area (Å²) in [5, 5.41) is 5.88. The van der Waals surface area contributed by atoms with Gasteiger partial charge in [0.15, 0.2) is 0 Å². The largest absolute Gasteiger partial charge is 0.348 e. The van der Waals surface area contributed by atoms with Crippen LogP contribution in [-0.4, -0.2) is 42.4 Å². The second-order valence-electron chi connectivity index (χ2n) is 10.9. The third kappa shape index (κ3) is 4.94. The summed E-state index contributed by atoms with van der Waals surface area (Å²) >= 11 is 0. The topological polar surface area (TPSA) is 61.4 Å². The van der Waals surface area contributed by atoms with Gasteiger partial charge in [-0.1, -0.05) is 26.8 Å². The fourth-order valence-corrected chi connectivity index (χ4v) is 5.45. The molecule has 2 saturated heterocycles. The van der Waals surface area contributed by atoms with Crippen LogP contribution in [0, 0.1) is 11.2 Å². The Balaban J connectivity index is 1.47. The summed E-state index contributed by atoms with van der Waals surface area (Å²) < 4.78 is 14.3. The van der Waals surface area contributed by atoms with Crippen molar-refractivity contribution in [3.63, 3.8) is 0 Å². The van der Waals surface area contributed by atoms with Crippen molar-refractivity contribution in [2.45, 2.75) is 83.2 Å². The Labute approximate surface area is 185 Å². The summed E-state index contributed by atoms with van der Waals surface area (Å²) in [4.78, 5) is 26.7. The lowest BCUT2D eigenvalue weighted by Gasteiger charge is -2.47. The van der Waals surface area contributed by atoms with E-state index in [9.17, 15) is 14.0 Å². The van der Waals surface area contributed by atoms with E-state index in [0.717, 1.165) is 56.4 Å². The van der Waals surface area contributed by atoms with Crippen molar-refractivity contribution < 1.29 is 14.0 Å². The summed E-state index contributed by atoms with van der Waals surface area (Å²) in [6.07, 6.45) is 6.00. The van der Waals surface area contributed by atoms with E-state index in [4.69, 9.17) is 0 Å². The highest BCUT2D eigenvalue weighted by molar-refractivity contribution is 5.91. The monoisotopic (exact) mass is 429 g/mol. The second kappa shape index (κ2) is 8.53. The van der Waals surface area contributed by atoms with Crippen molar-refractivity contribution in [1.82, 2.24) is 15.5 Å². The molecule has 0 unspecified atom stereocenters. The highest BCUT2D eigenvalue weighted by Crippen LogP contribution is 2.48. The van der Waals surface area contributed by atoms with Crippen LogP contribution < -0.4 is 10.6 Å². The Morgan fingerprint density at radius 2 is 1.97 bits per heavy atom. The van der Waals surface area contributed by atoms with Gasteiger partial charge in [0.25, 0.3) is 0 Å². The molecule has 2 fully saturated rings. The van der Waals surface area contributed by atoms with Crippen LogP contribution in [-0.2, 0) is 15.0 Å². The van der Waals surface area contributed by atoms with Crippen molar-refractivity contribution in [1.29, 1.82) is 0 Å². The number of hydrogen-bond donors (Lipinski definition) is 2.